The molecule has 0 saturated carbocycles. The number of carbonyl (C=O) groups is 2. The highest BCUT2D eigenvalue weighted by atomic mass is 16.2. The monoisotopic (exact) mass is 340 g/mol. The topological polar surface area (TPSA) is 58.2 Å². The summed E-state index contributed by atoms with van der Waals surface area (Å²) in [7, 11) is 0. The SMILES string of the molecule is CC(C)(C)CCC(=O)NCCCCCCNC(=O)CCC(C)(C)C. The molecule has 2 N–H and O–H groups in total. The first-order chi connectivity index (χ1) is 11.0. The largest absolute Gasteiger partial charge is 0.356 e. The molecule has 0 atom stereocenters. The highest BCUT2D eigenvalue weighted by molar-refractivity contribution is 5.76. The number of rotatable bonds is 11. The quantitative estimate of drug-likeness (QED) is 0.547. The Labute approximate surface area is 149 Å². The number of carbonyl (C=O) groups excluding carboxylic acids is 2. The first kappa shape index (κ1) is 22.9. The fourth-order valence-corrected chi connectivity index (χ4v) is 2.21. The van der Waals surface area contributed by atoms with Crippen molar-refractivity contribution in [2.45, 2.75) is 92.9 Å². The van der Waals surface area contributed by atoms with Gasteiger partial charge >= 0.3 is 0 Å². The van der Waals surface area contributed by atoms with E-state index in [1.54, 1.807) is 0 Å². The standard InChI is InChI=1S/C20H40N2O2/c1-19(2,3)13-11-17(23)21-15-9-7-8-10-16-22-18(24)12-14-20(4,5)6/h7-16H2,1-6H3,(H,21,23)(H,22,24). The highest BCUT2D eigenvalue weighted by Crippen LogP contribution is 2.20. The molecule has 0 spiro atoms. The number of amides is 2. The Hall–Kier alpha value is -1.06. The molecule has 0 aromatic carbocycles. The Morgan fingerprint density at radius 1 is 0.625 bits per heavy atom. The van der Waals surface area contributed by atoms with E-state index in [-0.39, 0.29) is 22.6 Å². The zero-order valence-electron chi connectivity index (χ0n) is 16.9. The minimum atomic E-state index is 0.163. The predicted octanol–water partition coefficient (Wildman–Crippen LogP) is 4.43. The van der Waals surface area contributed by atoms with E-state index in [1.165, 1.54) is 0 Å². The van der Waals surface area contributed by atoms with Crippen LogP contribution in [0, 0.1) is 10.8 Å². The second kappa shape index (κ2) is 11.5. The van der Waals surface area contributed by atoms with E-state index in [9.17, 15) is 9.59 Å². The van der Waals surface area contributed by atoms with Crippen LogP contribution in [-0.4, -0.2) is 24.9 Å². The van der Waals surface area contributed by atoms with Gasteiger partial charge in [0, 0.05) is 25.9 Å². The maximum atomic E-state index is 11.7. The third kappa shape index (κ3) is 17.3. The maximum absolute atomic E-state index is 11.7. The van der Waals surface area contributed by atoms with Crippen molar-refractivity contribution in [3.8, 4) is 0 Å². The van der Waals surface area contributed by atoms with Crippen molar-refractivity contribution in [2.24, 2.45) is 10.8 Å². The Kier molecular flexibility index (Phi) is 11.0. The normalized spacial score (nSPS) is 12.1. The fourth-order valence-electron chi connectivity index (χ4n) is 2.21. The predicted molar refractivity (Wildman–Crippen MR) is 102 cm³/mol. The summed E-state index contributed by atoms with van der Waals surface area (Å²) < 4.78 is 0. The molecule has 0 aromatic rings. The maximum Gasteiger partial charge on any atom is 0.220 e. The summed E-state index contributed by atoms with van der Waals surface area (Å²) >= 11 is 0. The Balaban J connectivity index is 3.42. The molecule has 142 valence electrons. The molecule has 0 aliphatic heterocycles. The van der Waals surface area contributed by atoms with Gasteiger partial charge in [0.15, 0.2) is 0 Å². The highest BCUT2D eigenvalue weighted by Gasteiger charge is 2.13. The molecule has 0 aromatic heterocycles. The Morgan fingerprint density at radius 2 is 0.958 bits per heavy atom. The lowest BCUT2D eigenvalue weighted by Gasteiger charge is -2.17. The molecule has 0 radical (unpaired) electrons. The van der Waals surface area contributed by atoms with Gasteiger partial charge in [-0.25, -0.2) is 0 Å². The summed E-state index contributed by atoms with van der Waals surface area (Å²) in [6.07, 6.45) is 7.29. The van der Waals surface area contributed by atoms with Crippen molar-refractivity contribution >= 4 is 11.8 Å². The van der Waals surface area contributed by atoms with E-state index in [1.807, 2.05) is 0 Å². The van der Waals surface area contributed by atoms with Crippen LogP contribution in [0.15, 0.2) is 0 Å². The summed E-state index contributed by atoms with van der Waals surface area (Å²) in [5, 5.41) is 5.97. The molecule has 0 saturated heterocycles. The molecule has 2 amide bonds. The molecular formula is C20H40N2O2. The van der Waals surface area contributed by atoms with Gasteiger partial charge in [-0.2, -0.15) is 0 Å². The van der Waals surface area contributed by atoms with Crippen LogP contribution in [0.4, 0.5) is 0 Å². The van der Waals surface area contributed by atoms with E-state index in [2.05, 4.69) is 52.2 Å². The first-order valence-corrected chi connectivity index (χ1v) is 9.53. The number of hydrogen-bond donors (Lipinski definition) is 2. The molecule has 0 aliphatic carbocycles. The van der Waals surface area contributed by atoms with Crippen LogP contribution < -0.4 is 10.6 Å². The van der Waals surface area contributed by atoms with Crippen molar-refractivity contribution in [1.29, 1.82) is 0 Å². The van der Waals surface area contributed by atoms with E-state index < -0.39 is 0 Å². The molecule has 24 heavy (non-hydrogen) atoms. The van der Waals surface area contributed by atoms with E-state index in [0.717, 1.165) is 51.6 Å². The van der Waals surface area contributed by atoms with Crippen molar-refractivity contribution in [3.63, 3.8) is 0 Å². The van der Waals surface area contributed by atoms with E-state index in [4.69, 9.17) is 0 Å². The Bertz CT molecular complexity index is 329. The second-order valence-corrected chi connectivity index (χ2v) is 9.24. The van der Waals surface area contributed by atoms with Crippen molar-refractivity contribution < 1.29 is 9.59 Å². The van der Waals surface area contributed by atoms with Gasteiger partial charge < -0.3 is 10.6 Å². The number of nitrogens with one attached hydrogen (secondary N) is 2. The van der Waals surface area contributed by atoms with E-state index in [0.29, 0.717) is 12.8 Å². The van der Waals surface area contributed by atoms with Crippen LogP contribution in [0.1, 0.15) is 92.9 Å². The Morgan fingerprint density at radius 3 is 1.25 bits per heavy atom. The summed E-state index contributed by atoms with van der Waals surface area (Å²) in [4.78, 5) is 23.3. The third-order valence-corrected chi connectivity index (χ3v) is 3.95. The lowest BCUT2D eigenvalue weighted by Crippen LogP contribution is -2.26. The third-order valence-electron chi connectivity index (χ3n) is 3.95. The van der Waals surface area contributed by atoms with Crippen LogP contribution in [0.3, 0.4) is 0 Å². The van der Waals surface area contributed by atoms with E-state index >= 15 is 0 Å². The van der Waals surface area contributed by atoms with Crippen LogP contribution in [-0.2, 0) is 9.59 Å². The molecule has 0 unspecified atom stereocenters. The summed E-state index contributed by atoms with van der Waals surface area (Å²) in [6, 6.07) is 0. The first-order valence-electron chi connectivity index (χ1n) is 9.53. The second-order valence-electron chi connectivity index (χ2n) is 9.24. The van der Waals surface area contributed by atoms with Gasteiger partial charge in [-0.1, -0.05) is 54.4 Å². The van der Waals surface area contributed by atoms with Crippen molar-refractivity contribution in [2.75, 3.05) is 13.1 Å². The summed E-state index contributed by atoms with van der Waals surface area (Å²) in [6.45, 7) is 14.5. The molecule has 0 fully saturated rings. The fraction of sp³-hybridized carbons (Fsp3) is 0.900. The smallest absolute Gasteiger partial charge is 0.220 e. The summed E-state index contributed by atoms with van der Waals surface area (Å²) in [5.74, 6) is 0.326. The molecule has 0 heterocycles. The van der Waals surface area contributed by atoms with Gasteiger partial charge in [0.2, 0.25) is 11.8 Å². The van der Waals surface area contributed by atoms with Crippen LogP contribution in [0.2, 0.25) is 0 Å². The molecule has 4 heteroatoms. The number of hydrogen-bond acceptors (Lipinski definition) is 2. The minimum Gasteiger partial charge on any atom is -0.356 e. The molecule has 0 aliphatic rings. The zero-order chi connectivity index (χ0) is 18.6. The van der Waals surface area contributed by atoms with Gasteiger partial charge in [0.05, 0.1) is 0 Å². The lowest BCUT2D eigenvalue weighted by atomic mass is 9.90. The average Bonchev–Trinajstić information content (AvgIpc) is 2.44. The van der Waals surface area contributed by atoms with Gasteiger partial charge in [0.1, 0.15) is 0 Å². The van der Waals surface area contributed by atoms with Gasteiger partial charge in [-0.3, -0.25) is 9.59 Å². The summed E-state index contributed by atoms with van der Waals surface area (Å²) in [5.41, 5.74) is 0.434. The zero-order valence-corrected chi connectivity index (χ0v) is 16.9. The average molecular weight is 341 g/mol. The van der Waals surface area contributed by atoms with Gasteiger partial charge in [0.25, 0.3) is 0 Å². The van der Waals surface area contributed by atoms with Crippen molar-refractivity contribution in [3.05, 3.63) is 0 Å². The number of unbranched alkanes of at least 4 members (excludes halogenated alkanes) is 3. The lowest BCUT2D eigenvalue weighted by molar-refractivity contribution is -0.122. The van der Waals surface area contributed by atoms with Crippen LogP contribution >= 0.6 is 0 Å². The van der Waals surface area contributed by atoms with Crippen LogP contribution in [0.25, 0.3) is 0 Å². The van der Waals surface area contributed by atoms with Crippen LogP contribution in [0.5, 0.6) is 0 Å². The molecule has 0 rings (SSSR count). The molecular weight excluding hydrogens is 300 g/mol. The van der Waals surface area contributed by atoms with Gasteiger partial charge in [-0.15, -0.1) is 0 Å². The van der Waals surface area contributed by atoms with Crippen molar-refractivity contribution in [1.82, 2.24) is 10.6 Å². The molecule has 4 nitrogen and oxygen atoms in total. The molecule has 0 bridgehead atoms. The minimum absolute atomic E-state index is 0.163. The van der Waals surface area contributed by atoms with Gasteiger partial charge in [-0.05, 0) is 36.5 Å².